The van der Waals surface area contributed by atoms with Crippen LogP contribution in [0.4, 0.5) is 5.82 Å². The summed E-state index contributed by atoms with van der Waals surface area (Å²) in [5.74, 6) is 2.64. The van der Waals surface area contributed by atoms with Crippen LogP contribution in [0.25, 0.3) is 0 Å². The van der Waals surface area contributed by atoms with Crippen LogP contribution in [0.2, 0.25) is 0 Å². The Kier molecular flexibility index (Phi) is 3.88. The Hall–Kier alpha value is -1.12. The van der Waals surface area contributed by atoms with E-state index in [9.17, 15) is 0 Å². The smallest absolute Gasteiger partial charge is 0.134 e. The van der Waals surface area contributed by atoms with Crippen molar-refractivity contribution in [2.75, 3.05) is 11.9 Å². The van der Waals surface area contributed by atoms with Crippen LogP contribution in [0.5, 0.6) is 0 Å². The standard InChI is InChI=1S/C15H25N3/c1-5-9-16-13-10-12(15(2,3)4)17-14(18-13)11-7-6-8-11/h10-11H,5-9H2,1-4H3,(H,16,17,18). The van der Waals surface area contributed by atoms with E-state index in [1.807, 2.05) is 0 Å². The normalized spacial score (nSPS) is 16.4. The molecule has 100 valence electrons. The average molecular weight is 247 g/mol. The first-order valence-corrected chi connectivity index (χ1v) is 7.14. The maximum absolute atomic E-state index is 4.78. The van der Waals surface area contributed by atoms with Crippen molar-refractivity contribution in [3.8, 4) is 0 Å². The molecule has 1 aromatic heterocycles. The summed E-state index contributed by atoms with van der Waals surface area (Å²) >= 11 is 0. The van der Waals surface area contributed by atoms with E-state index in [2.05, 4.69) is 44.1 Å². The van der Waals surface area contributed by atoms with E-state index in [-0.39, 0.29) is 5.41 Å². The number of anilines is 1. The number of hydrogen-bond acceptors (Lipinski definition) is 3. The summed E-state index contributed by atoms with van der Waals surface area (Å²) in [6.45, 7) is 9.78. The van der Waals surface area contributed by atoms with Crippen molar-refractivity contribution < 1.29 is 0 Å². The van der Waals surface area contributed by atoms with Crippen molar-refractivity contribution >= 4 is 5.82 Å². The lowest BCUT2D eigenvalue weighted by Crippen LogP contribution is -2.20. The lowest BCUT2D eigenvalue weighted by Gasteiger charge is -2.27. The molecule has 1 aliphatic rings. The monoisotopic (exact) mass is 247 g/mol. The van der Waals surface area contributed by atoms with Gasteiger partial charge in [0.1, 0.15) is 11.6 Å². The molecule has 1 saturated carbocycles. The minimum atomic E-state index is 0.0874. The fourth-order valence-corrected chi connectivity index (χ4v) is 2.04. The number of nitrogens with zero attached hydrogens (tertiary/aromatic N) is 2. The maximum Gasteiger partial charge on any atom is 0.134 e. The molecule has 18 heavy (non-hydrogen) atoms. The minimum Gasteiger partial charge on any atom is -0.370 e. The van der Waals surface area contributed by atoms with Crippen molar-refractivity contribution in [3.05, 3.63) is 17.6 Å². The van der Waals surface area contributed by atoms with Crippen LogP contribution in [0.1, 0.15) is 70.8 Å². The lowest BCUT2D eigenvalue weighted by molar-refractivity contribution is 0.397. The summed E-state index contributed by atoms with van der Waals surface area (Å²) in [6.07, 6.45) is 4.95. The van der Waals surface area contributed by atoms with Crippen LogP contribution in [0.3, 0.4) is 0 Å². The molecule has 0 unspecified atom stereocenters. The topological polar surface area (TPSA) is 37.8 Å². The number of rotatable bonds is 4. The Morgan fingerprint density at radius 1 is 1.28 bits per heavy atom. The molecule has 1 aromatic rings. The molecule has 2 rings (SSSR count). The predicted molar refractivity (Wildman–Crippen MR) is 76.1 cm³/mol. The van der Waals surface area contributed by atoms with Gasteiger partial charge in [0.15, 0.2) is 0 Å². The van der Waals surface area contributed by atoms with Crippen LogP contribution >= 0.6 is 0 Å². The second kappa shape index (κ2) is 5.25. The first-order chi connectivity index (χ1) is 8.50. The second-order valence-corrected chi connectivity index (χ2v) is 6.30. The van der Waals surface area contributed by atoms with Gasteiger partial charge in [0.25, 0.3) is 0 Å². The highest BCUT2D eigenvalue weighted by molar-refractivity contribution is 5.38. The van der Waals surface area contributed by atoms with Gasteiger partial charge in [0.05, 0.1) is 5.69 Å². The lowest BCUT2D eigenvalue weighted by atomic mass is 9.84. The van der Waals surface area contributed by atoms with Crippen molar-refractivity contribution in [1.82, 2.24) is 9.97 Å². The first-order valence-electron chi connectivity index (χ1n) is 7.14. The molecule has 1 heterocycles. The van der Waals surface area contributed by atoms with Crippen LogP contribution in [-0.2, 0) is 5.41 Å². The third-order valence-electron chi connectivity index (χ3n) is 3.54. The van der Waals surface area contributed by atoms with Crippen LogP contribution in [-0.4, -0.2) is 16.5 Å². The van der Waals surface area contributed by atoms with Gasteiger partial charge in [0.2, 0.25) is 0 Å². The van der Waals surface area contributed by atoms with Gasteiger partial charge < -0.3 is 5.32 Å². The van der Waals surface area contributed by atoms with E-state index in [4.69, 9.17) is 4.98 Å². The first kappa shape index (κ1) is 13.3. The number of nitrogens with one attached hydrogen (secondary N) is 1. The van der Waals surface area contributed by atoms with E-state index in [1.54, 1.807) is 0 Å². The Morgan fingerprint density at radius 3 is 2.50 bits per heavy atom. The summed E-state index contributed by atoms with van der Waals surface area (Å²) in [4.78, 5) is 9.47. The molecule has 0 radical (unpaired) electrons. The van der Waals surface area contributed by atoms with Crippen molar-refractivity contribution in [2.45, 2.75) is 64.7 Å². The molecular weight excluding hydrogens is 222 g/mol. The van der Waals surface area contributed by atoms with E-state index < -0.39 is 0 Å². The van der Waals surface area contributed by atoms with Crippen LogP contribution < -0.4 is 5.32 Å². The molecule has 0 aliphatic heterocycles. The number of hydrogen-bond donors (Lipinski definition) is 1. The van der Waals surface area contributed by atoms with E-state index in [1.165, 1.54) is 19.3 Å². The minimum absolute atomic E-state index is 0.0874. The molecule has 0 bridgehead atoms. The molecule has 0 saturated heterocycles. The fraction of sp³-hybridized carbons (Fsp3) is 0.733. The number of aromatic nitrogens is 2. The molecule has 1 fully saturated rings. The third kappa shape index (κ3) is 3.01. The van der Waals surface area contributed by atoms with Gasteiger partial charge in [-0.15, -0.1) is 0 Å². The maximum atomic E-state index is 4.78. The Balaban J connectivity index is 2.28. The van der Waals surface area contributed by atoms with Gasteiger partial charge in [-0.1, -0.05) is 34.1 Å². The van der Waals surface area contributed by atoms with Crippen molar-refractivity contribution in [3.63, 3.8) is 0 Å². The van der Waals surface area contributed by atoms with Gasteiger partial charge in [0, 0.05) is 23.9 Å². The zero-order valence-corrected chi connectivity index (χ0v) is 12.1. The molecule has 3 heteroatoms. The Bertz CT molecular complexity index is 403. The summed E-state index contributed by atoms with van der Waals surface area (Å²) in [5, 5.41) is 3.40. The van der Waals surface area contributed by atoms with Crippen LogP contribution in [0.15, 0.2) is 6.07 Å². The summed E-state index contributed by atoms with van der Waals surface area (Å²) < 4.78 is 0. The van der Waals surface area contributed by atoms with Crippen molar-refractivity contribution in [1.29, 1.82) is 0 Å². The zero-order chi connectivity index (χ0) is 13.2. The molecule has 0 spiro atoms. The highest BCUT2D eigenvalue weighted by Gasteiger charge is 2.25. The van der Waals surface area contributed by atoms with E-state index in [0.29, 0.717) is 5.92 Å². The van der Waals surface area contributed by atoms with Gasteiger partial charge in [-0.2, -0.15) is 0 Å². The quantitative estimate of drug-likeness (QED) is 0.877. The fourth-order valence-electron chi connectivity index (χ4n) is 2.04. The van der Waals surface area contributed by atoms with Gasteiger partial charge in [-0.25, -0.2) is 9.97 Å². The van der Waals surface area contributed by atoms with Gasteiger partial charge >= 0.3 is 0 Å². The highest BCUT2D eigenvalue weighted by atomic mass is 15.0. The molecular formula is C15H25N3. The predicted octanol–water partition coefficient (Wildman–Crippen LogP) is 3.86. The average Bonchev–Trinajstić information content (AvgIpc) is 2.22. The zero-order valence-electron chi connectivity index (χ0n) is 12.1. The Morgan fingerprint density at radius 2 is 2.00 bits per heavy atom. The van der Waals surface area contributed by atoms with Crippen molar-refractivity contribution in [2.24, 2.45) is 0 Å². The van der Waals surface area contributed by atoms with E-state index in [0.717, 1.165) is 30.3 Å². The molecule has 3 nitrogen and oxygen atoms in total. The summed E-state index contributed by atoms with van der Waals surface area (Å²) in [7, 11) is 0. The third-order valence-corrected chi connectivity index (χ3v) is 3.54. The molecule has 1 aliphatic carbocycles. The van der Waals surface area contributed by atoms with E-state index >= 15 is 0 Å². The largest absolute Gasteiger partial charge is 0.370 e. The second-order valence-electron chi connectivity index (χ2n) is 6.30. The molecule has 1 N–H and O–H groups in total. The van der Waals surface area contributed by atoms with Crippen LogP contribution in [0, 0.1) is 0 Å². The van der Waals surface area contributed by atoms with Gasteiger partial charge in [-0.05, 0) is 19.3 Å². The summed E-state index contributed by atoms with van der Waals surface area (Å²) in [6, 6.07) is 2.11. The van der Waals surface area contributed by atoms with Gasteiger partial charge in [-0.3, -0.25) is 0 Å². The molecule has 0 atom stereocenters. The molecule has 0 aromatic carbocycles. The summed E-state index contributed by atoms with van der Waals surface area (Å²) in [5.41, 5.74) is 1.24. The molecule has 0 amide bonds. The Labute approximate surface area is 110 Å². The SMILES string of the molecule is CCCNc1cc(C(C)(C)C)nc(C2CCC2)n1. The highest BCUT2D eigenvalue weighted by Crippen LogP contribution is 2.35.